The van der Waals surface area contributed by atoms with Gasteiger partial charge in [-0.25, -0.2) is 9.78 Å². The summed E-state index contributed by atoms with van der Waals surface area (Å²) in [5.41, 5.74) is 1.65. The molecule has 0 aliphatic carbocycles. The zero-order valence-electron chi connectivity index (χ0n) is 13.0. The van der Waals surface area contributed by atoms with Gasteiger partial charge in [-0.2, -0.15) is 0 Å². The van der Waals surface area contributed by atoms with Crippen molar-refractivity contribution in [1.82, 2.24) is 9.55 Å². The molecular formula is C16H20ClN3O2. The van der Waals surface area contributed by atoms with Gasteiger partial charge in [0, 0.05) is 29.6 Å². The molecule has 0 saturated carbocycles. The van der Waals surface area contributed by atoms with Crippen molar-refractivity contribution in [2.45, 2.75) is 39.8 Å². The highest BCUT2D eigenvalue weighted by Gasteiger charge is 2.08. The van der Waals surface area contributed by atoms with Crippen molar-refractivity contribution in [3.8, 4) is 0 Å². The van der Waals surface area contributed by atoms with E-state index < -0.39 is 6.09 Å². The van der Waals surface area contributed by atoms with Gasteiger partial charge in [0.25, 0.3) is 0 Å². The predicted octanol–water partition coefficient (Wildman–Crippen LogP) is 4.04. The maximum atomic E-state index is 11.6. The number of rotatable bonds is 5. The van der Waals surface area contributed by atoms with Crippen LogP contribution in [-0.4, -0.2) is 21.7 Å². The number of imidazole rings is 1. The minimum atomic E-state index is -0.479. The van der Waals surface area contributed by atoms with Crippen molar-refractivity contribution in [3.63, 3.8) is 0 Å². The fourth-order valence-corrected chi connectivity index (χ4v) is 2.35. The standard InChI is InChI=1S/C16H20ClN3O2/c1-11(2)22-16(21)19-14-5-4-13(15(17)10-14)6-8-20-9-7-18-12(20)3/h4-5,7,9-11H,6,8H2,1-3H3,(H,19,21). The number of hydrogen-bond donors (Lipinski definition) is 1. The molecule has 0 atom stereocenters. The molecule has 118 valence electrons. The molecule has 0 fully saturated rings. The first kappa shape index (κ1) is 16.4. The lowest BCUT2D eigenvalue weighted by atomic mass is 10.1. The van der Waals surface area contributed by atoms with E-state index in [1.54, 1.807) is 26.1 Å². The minimum Gasteiger partial charge on any atom is -0.447 e. The molecule has 6 heteroatoms. The average Bonchev–Trinajstić information content (AvgIpc) is 2.82. The van der Waals surface area contributed by atoms with E-state index in [4.69, 9.17) is 16.3 Å². The Morgan fingerprint density at radius 3 is 2.82 bits per heavy atom. The number of aromatic nitrogens is 2. The molecule has 1 amide bonds. The van der Waals surface area contributed by atoms with E-state index >= 15 is 0 Å². The third-order valence-corrected chi connectivity index (χ3v) is 3.54. The zero-order chi connectivity index (χ0) is 16.1. The summed E-state index contributed by atoms with van der Waals surface area (Å²) in [7, 11) is 0. The van der Waals surface area contributed by atoms with Gasteiger partial charge in [0.15, 0.2) is 0 Å². The first-order valence-corrected chi connectivity index (χ1v) is 7.57. The number of halogens is 1. The normalized spacial score (nSPS) is 10.8. The zero-order valence-corrected chi connectivity index (χ0v) is 13.7. The molecule has 1 N–H and O–H groups in total. The van der Waals surface area contributed by atoms with Gasteiger partial charge in [-0.15, -0.1) is 0 Å². The number of carbonyl (C=O) groups excluding carboxylic acids is 1. The molecule has 5 nitrogen and oxygen atoms in total. The summed E-state index contributed by atoms with van der Waals surface area (Å²) in [6, 6.07) is 5.47. The van der Waals surface area contributed by atoms with Gasteiger partial charge in [0.2, 0.25) is 0 Å². The molecule has 1 aromatic heterocycles. The number of carbonyl (C=O) groups is 1. The van der Waals surface area contributed by atoms with Crippen LogP contribution in [0.15, 0.2) is 30.6 Å². The highest BCUT2D eigenvalue weighted by molar-refractivity contribution is 6.31. The van der Waals surface area contributed by atoms with Crippen molar-refractivity contribution in [1.29, 1.82) is 0 Å². The van der Waals surface area contributed by atoms with E-state index in [-0.39, 0.29) is 6.10 Å². The van der Waals surface area contributed by atoms with Gasteiger partial charge < -0.3 is 9.30 Å². The van der Waals surface area contributed by atoms with Gasteiger partial charge in [-0.1, -0.05) is 17.7 Å². The number of anilines is 1. The van der Waals surface area contributed by atoms with Crippen LogP contribution < -0.4 is 5.32 Å². The van der Waals surface area contributed by atoms with E-state index in [1.165, 1.54) is 0 Å². The summed E-state index contributed by atoms with van der Waals surface area (Å²) in [5, 5.41) is 3.28. The summed E-state index contributed by atoms with van der Waals surface area (Å²) in [5.74, 6) is 0.978. The van der Waals surface area contributed by atoms with Crippen molar-refractivity contribution < 1.29 is 9.53 Å². The van der Waals surface area contributed by atoms with Crippen molar-refractivity contribution in [3.05, 3.63) is 47.0 Å². The van der Waals surface area contributed by atoms with Crippen LogP contribution in [0.25, 0.3) is 0 Å². The number of amides is 1. The summed E-state index contributed by atoms with van der Waals surface area (Å²) < 4.78 is 7.10. The topological polar surface area (TPSA) is 56.2 Å². The number of nitrogens with one attached hydrogen (secondary N) is 1. The van der Waals surface area contributed by atoms with E-state index in [0.717, 1.165) is 24.4 Å². The van der Waals surface area contributed by atoms with E-state index in [9.17, 15) is 4.79 Å². The SMILES string of the molecule is Cc1nccn1CCc1ccc(NC(=O)OC(C)C)cc1Cl. The number of aryl methyl sites for hydroxylation is 3. The van der Waals surface area contributed by atoms with Gasteiger partial charge in [0.05, 0.1) is 6.10 Å². The maximum Gasteiger partial charge on any atom is 0.411 e. The second-order valence-corrected chi connectivity index (χ2v) is 5.71. The van der Waals surface area contributed by atoms with E-state index in [2.05, 4.69) is 14.9 Å². The molecule has 0 aliphatic heterocycles. The molecule has 0 bridgehead atoms. The van der Waals surface area contributed by atoms with Crippen LogP contribution in [-0.2, 0) is 17.7 Å². The largest absolute Gasteiger partial charge is 0.447 e. The molecule has 0 radical (unpaired) electrons. The third-order valence-electron chi connectivity index (χ3n) is 3.19. The number of hydrogen-bond acceptors (Lipinski definition) is 3. The fraction of sp³-hybridized carbons (Fsp3) is 0.375. The first-order valence-electron chi connectivity index (χ1n) is 7.19. The molecule has 0 unspecified atom stereocenters. The molecule has 2 aromatic rings. The van der Waals surface area contributed by atoms with Crippen LogP contribution >= 0.6 is 11.6 Å². The predicted molar refractivity (Wildman–Crippen MR) is 87.4 cm³/mol. The average molecular weight is 322 g/mol. The van der Waals surface area contributed by atoms with Crippen LogP contribution in [0.2, 0.25) is 5.02 Å². The van der Waals surface area contributed by atoms with Crippen LogP contribution in [0.1, 0.15) is 25.2 Å². The van der Waals surface area contributed by atoms with Crippen LogP contribution in [0.4, 0.5) is 10.5 Å². The highest BCUT2D eigenvalue weighted by Crippen LogP contribution is 2.22. The number of benzene rings is 1. The quantitative estimate of drug-likeness (QED) is 0.904. The molecular weight excluding hydrogens is 302 g/mol. The second-order valence-electron chi connectivity index (χ2n) is 5.30. The van der Waals surface area contributed by atoms with Gasteiger partial charge >= 0.3 is 6.09 Å². The van der Waals surface area contributed by atoms with Gasteiger partial charge in [0.1, 0.15) is 5.82 Å². The monoisotopic (exact) mass is 321 g/mol. The Morgan fingerprint density at radius 1 is 1.45 bits per heavy atom. The maximum absolute atomic E-state index is 11.6. The molecule has 2 rings (SSSR count). The van der Waals surface area contributed by atoms with Crippen LogP contribution in [0.5, 0.6) is 0 Å². The molecule has 1 heterocycles. The molecule has 0 spiro atoms. The minimum absolute atomic E-state index is 0.159. The third kappa shape index (κ3) is 4.49. The van der Waals surface area contributed by atoms with E-state index in [0.29, 0.717) is 10.7 Å². The smallest absolute Gasteiger partial charge is 0.411 e. The Labute approximate surface area is 135 Å². The summed E-state index contributed by atoms with van der Waals surface area (Å²) >= 11 is 6.28. The van der Waals surface area contributed by atoms with Crippen molar-refractivity contribution in [2.75, 3.05) is 5.32 Å². The summed E-state index contributed by atoms with van der Waals surface area (Å²) in [6.07, 6.45) is 3.89. The summed E-state index contributed by atoms with van der Waals surface area (Å²) in [6.45, 7) is 6.38. The summed E-state index contributed by atoms with van der Waals surface area (Å²) in [4.78, 5) is 15.7. The molecule has 0 aliphatic rings. The lowest BCUT2D eigenvalue weighted by Crippen LogP contribution is -2.18. The molecule has 22 heavy (non-hydrogen) atoms. The fourth-order valence-electron chi connectivity index (χ4n) is 2.07. The van der Waals surface area contributed by atoms with E-state index in [1.807, 2.05) is 25.3 Å². The Kier molecular flexibility index (Phi) is 5.44. The van der Waals surface area contributed by atoms with Gasteiger partial charge in [-0.05, 0) is 44.9 Å². The Bertz CT molecular complexity index is 653. The van der Waals surface area contributed by atoms with Crippen molar-refractivity contribution >= 4 is 23.4 Å². The van der Waals surface area contributed by atoms with Crippen LogP contribution in [0, 0.1) is 6.92 Å². The number of ether oxygens (including phenoxy) is 1. The second kappa shape index (κ2) is 7.31. The molecule has 0 saturated heterocycles. The van der Waals surface area contributed by atoms with Crippen LogP contribution in [0.3, 0.4) is 0 Å². The lowest BCUT2D eigenvalue weighted by molar-refractivity contribution is 0.130. The van der Waals surface area contributed by atoms with Crippen molar-refractivity contribution in [2.24, 2.45) is 0 Å². The molecule has 1 aromatic carbocycles. The Morgan fingerprint density at radius 2 is 2.23 bits per heavy atom. The highest BCUT2D eigenvalue weighted by atomic mass is 35.5. The Hall–Kier alpha value is -2.01. The Balaban J connectivity index is 1.97. The van der Waals surface area contributed by atoms with Gasteiger partial charge in [-0.3, -0.25) is 5.32 Å². The first-order chi connectivity index (χ1) is 10.5. The lowest BCUT2D eigenvalue weighted by Gasteiger charge is -2.11. The number of nitrogens with zero attached hydrogens (tertiary/aromatic N) is 2.